The Hall–Kier alpha value is -1.62. The molecule has 21 heavy (non-hydrogen) atoms. The van der Waals surface area contributed by atoms with Crippen molar-refractivity contribution in [1.82, 2.24) is 5.32 Å². The predicted molar refractivity (Wildman–Crippen MR) is 77.8 cm³/mol. The van der Waals surface area contributed by atoms with Gasteiger partial charge in [0.05, 0.1) is 6.61 Å². The molecule has 1 unspecified atom stereocenters. The highest BCUT2D eigenvalue weighted by Crippen LogP contribution is 2.25. The standard InChI is InChI=1S/C16H22FNO3/c1-4-20-15(19)16(3,18-12-8-9-12)10-21-13-7-5-6-11(2)14(13)17/h5-7,12,18H,4,8-10H2,1-3H3. The van der Waals surface area contributed by atoms with Gasteiger partial charge in [0.25, 0.3) is 0 Å². The first-order valence-corrected chi connectivity index (χ1v) is 7.29. The number of carbonyl (C=O) groups excluding carboxylic acids is 1. The van der Waals surface area contributed by atoms with Crippen LogP contribution < -0.4 is 10.1 Å². The van der Waals surface area contributed by atoms with E-state index in [0.717, 1.165) is 12.8 Å². The first-order valence-electron chi connectivity index (χ1n) is 7.29. The summed E-state index contributed by atoms with van der Waals surface area (Å²) in [7, 11) is 0. The summed E-state index contributed by atoms with van der Waals surface area (Å²) in [6.45, 7) is 5.50. The second kappa shape index (κ2) is 6.43. The van der Waals surface area contributed by atoms with Crippen LogP contribution in [0.3, 0.4) is 0 Å². The van der Waals surface area contributed by atoms with Gasteiger partial charge in [0.1, 0.15) is 12.1 Å². The van der Waals surface area contributed by atoms with Gasteiger partial charge < -0.3 is 9.47 Å². The number of hydrogen-bond donors (Lipinski definition) is 1. The Balaban J connectivity index is 2.07. The molecule has 116 valence electrons. The molecule has 4 nitrogen and oxygen atoms in total. The van der Waals surface area contributed by atoms with Crippen LogP contribution >= 0.6 is 0 Å². The largest absolute Gasteiger partial charge is 0.488 e. The average Bonchev–Trinajstić information content (AvgIpc) is 3.24. The molecule has 0 aliphatic heterocycles. The van der Waals surface area contributed by atoms with Gasteiger partial charge in [-0.2, -0.15) is 0 Å². The fourth-order valence-electron chi connectivity index (χ4n) is 2.08. The van der Waals surface area contributed by atoms with Crippen molar-refractivity contribution in [2.24, 2.45) is 0 Å². The van der Waals surface area contributed by atoms with Crippen molar-refractivity contribution in [3.8, 4) is 5.75 Å². The van der Waals surface area contributed by atoms with Crippen molar-refractivity contribution in [3.63, 3.8) is 0 Å². The van der Waals surface area contributed by atoms with E-state index in [9.17, 15) is 9.18 Å². The van der Waals surface area contributed by atoms with Crippen molar-refractivity contribution in [2.45, 2.75) is 45.2 Å². The summed E-state index contributed by atoms with van der Waals surface area (Å²) in [6.07, 6.45) is 2.07. The molecule has 0 radical (unpaired) electrons. The molecule has 1 aliphatic rings. The number of halogens is 1. The number of hydrogen-bond acceptors (Lipinski definition) is 4. The average molecular weight is 295 g/mol. The Morgan fingerprint density at radius 2 is 2.19 bits per heavy atom. The minimum atomic E-state index is -0.965. The van der Waals surface area contributed by atoms with Crippen molar-refractivity contribution in [3.05, 3.63) is 29.6 Å². The summed E-state index contributed by atoms with van der Waals surface area (Å²) in [5, 5.41) is 3.23. The van der Waals surface area contributed by atoms with Gasteiger partial charge in [-0.1, -0.05) is 12.1 Å². The highest BCUT2D eigenvalue weighted by Gasteiger charge is 2.40. The van der Waals surface area contributed by atoms with E-state index >= 15 is 0 Å². The zero-order valence-electron chi connectivity index (χ0n) is 12.7. The molecule has 1 N–H and O–H groups in total. The quantitative estimate of drug-likeness (QED) is 0.786. The van der Waals surface area contributed by atoms with E-state index in [1.807, 2.05) is 0 Å². The molecule has 1 fully saturated rings. The van der Waals surface area contributed by atoms with Gasteiger partial charge in [-0.3, -0.25) is 5.32 Å². The van der Waals surface area contributed by atoms with Crippen molar-refractivity contribution in [1.29, 1.82) is 0 Å². The Labute approximate surface area is 124 Å². The molecule has 0 amide bonds. The maximum absolute atomic E-state index is 13.9. The summed E-state index contributed by atoms with van der Waals surface area (Å²) in [4.78, 5) is 12.1. The van der Waals surface area contributed by atoms with E-state index in [1.54, 1.807) is 39.0 Å². The number of carbonyl (C=O) groups is 1. The normalized spacial score (nSPS) is 17.1. The number of nitrogens with one attached hydrogen (secondary N) is 1. The minimum Gasteiger partial charge on any atom is -0.488 e. The van der Waals surface area contributed by atoms with E-state index in [4.69, 9.17) is 9.47 Å². The van der Waals surface area contributed by atoms with Crippen LogP contribution in [0.15, 0.2) is 18.2 Å². The van der Waals surface area contributed by atoms with Crippen LogP contribution in [0.1, 0.15) is 32.3 Å². The first kappa shape index (κ1) is 15.8. The maximum atomic E-state index is 13.9. The highest BCUT2D eigenvalue weighted by molar-refractivity contribution is 5.80. The van der Waals surface area contributed by atoms with Gasteiger partial charge in [-0.15, -0.1) is 0 Å². The molecule has 1 aromatic rings. The maximum Gasteiger partial charge on any atom is 0.329 e. The predicted octanol–water partition coefficient (Wildman–Crippen LogP) is 2.59. The van der Waals surface area contributed by atoms with Crippen LogP contribution in [-0.2, 0) is 9.53 Å². The van der Waals surface area contributed by atoms with E-state index in [-0.39, 0.29) is 18.3 Å². The molecular weight excluding hydrogens is 273 g/mol. The second-order valence-electron chi connectivity index (χ2n) is 5.65. The summed E-state index contributed by atoms with van der Waals surface area (Å²) >= 11 is 0. The van der Waals surface area contributed by atoms with Crippen LogP contribution in [0.5, 0.6) is 5.75 Å². The Morgan fingerprint density at radius 3 is 2.81 bits per heavy atom. The third-order valence-electron chi connectivity index (χ3n) is 3.50. The fraction of sp³-hybridized carbons (Fsp3) is 0.562. The van der Waals surface area contributed by atoms with E-state index < -0.39 is 11.4 Å². The molecule has 1 aromatic carbocycles. The summed E-state index contributed by atoms with van der Waals surface area (Å²) in [6, 6.07) is 5.27. The number of benzene rings is 1. The lowest BCUT2D eigenvalue weighted by atomic mass is 10.0. The minimum absolute atomic E-state index is 0.0305. The lowest BCUT2D eigenvalue weighted by Crippen LogP contribution is -2.55. The third-order valence-corrected chi connectivity index (χ3v) is 3.50. The summed E-state index contributed by atoms with van der Waals surface area (Å²) in [5.41, 5.74) is -0.451. The Bertz CT molecular complexity index is 516. The summed E-state index contributed by atoms with van der Waals surface area (Å²) in [5.74, 6) is -0.608. The highest BCUT2D eigenvalue weighted by atomic mass is 19.1. The molecule has 0 bridgehead atoms. The van der Waals surface area contributed by atoms with E-state index in [2.05, 4.69) is 5.32 Å². The molecule has 1 saturated carbocycles. The molecule has 2 rings (SSSR count). The summed E-state index contributed by atoms with van der Waals surface area (Å²) < 4.78 is 24.6. The number of esters is 1. The SMILES string of the molecule is CCOC(=O)C(C)(COc1cccc(C)c1F)NC1CC1. The fourth-order valence-corrected chi connectivity index (χ4v) is 2.08. The molecule has 5 heteroatoms. The van der Waals surface area contributed by atoms with Gasteiger partial charge >= 0.3 is 5.97 Å². The molecule has 0 heterocycles. The number of ether oxygens (including phenoxy) is 2. The van der Waals surface area contributed by atoms with Crippen molar-refractivity contribution in [2.75, 3.05) is 13.2 Å². The molecular formula is C16H22FNO3. The molecule has 1 atom stereocenters. The van der Waals surface area contributed by atoms with Gasteiger partial charge in [-0.05, 0) is 45.2 Å². The number of rotatable bonds is 7. The smallest absolute Gasteiger partial charge is 0.329 e. The van der Waals surface area contributed by atoms with Crippen LogP contribution in [0.25, 0.3) is 0 Å². The topological polar surface area (TPSA) is 47.6 Å². The Morgan fingerprint density at radius 1 is 1.48 bits per heavy atom. The van der Waals surface area contributed by atoms with Crippen LogP contribution in [0, 0.1) is 12.7 Å². The van der Waals surface area contributed by atoms with Gasteiger partial charge in [-0.25, -0.2) is 9.18 Å². The zero-order chi connectivity index (χ0) is 15.5. The second-order valence-corrected chi connectivity index (χ2v) is 5.65. The molecule has 0 aromatic heterocycles. The van der Waals surface area contributed by atoms with Crippen LogP contribution in [0.2, 0.25) is 0 Å². The molecule has 1 aliphatic carbocycles. The number of aryl methyl sites for hydroxylation is 1. The van der Waals surface area contributed by atoms with E-state index in [0.29, 0.717) is 18.2 Å². The van der Waals surface area contributed by atoms with Crippen molar-refractivity contribution < 1.29 is 18.7 Å². The molecule has 0 saturated heterocycles. The first-order chi connectivity index (χ1) is 9.96. The lowest BCUT2D eigenvalue weighted by molar-refractivity contribution is -0.152. The van der Waals surface area contributed by atoms with Gasteiger partial charge in [0.2, 0.25) is 0 Å². The van der Waals surface area contributed by atoms with Gasteiger partial charge in [0.15, 0.2) is 11.6 Å². The Kier molecular flexibility index (Phi) is 4.83. The van der Waals surface area contributed by atoms with Crippen LogP contribution in [0.4, 0.5) is 4.39 Å². The molecule has 0 spiro atoms. The monoisotopic (exact) mass is 295 g/mol. The van der Waals surface area contributed by atoms with Crippen molar-refractivity contribution >= 4 is 5.97 Å². The lowest BCUT2D eigenvalue weighted by Gasteiger charge is -2.28. The van der Waals surface area contributed by atoms with E-state index in [1.165, 1.54) is 0 Å². The van der Waals surface area contributed by atoms with Crippen LogP contribution in [-0.4, -0.2) is 30.8 Å². The zero-order valence-corrected chi connectivity index (χ0v) is 12.7. The van der Waals surface area contributed by atoms with Gasteiger partial charge in [0, 0.05) is 6.04 Å². The third kappa shape index (κ3) is 3.94.